The SMILES string of the molecule is Cc1ccc(C2CN(C(=O)CC(C)C)CC(C)O2)cc1. The van der Waals surface area contributed by atoms with Crippen molar-refractivity contribution in [3.05, 3.63) is 35.4 Å². The molecule has 3 heteroatoms. The third kappa shape index (κ3) is 3.83. The Labute approximate surface area is 121 Å². The van der Waals surface area contributed by atoms with Gasteiger partial charge >= 0.3 is 0 Å². The second-order valence-corrected chi connectivity index (χ2v) is 6.24. The largest absolute Gasteiger partial charge is 0.367 e. The van der Waals surface area contributed by atoms with E-state index in [1.807, 2.05) is 11.8 Å². The molecule has 1 amide bonds. The zero-order chi connectivity index (χ0) is 14.7. The first-order chi connectivity index (χ1) is 9.45. The molecular formula is C17H25NO2. The van der Waals surface area contributed by atoms with Crippen molar-refractivity contribution in [3.8, 4) is 0 Å². The third-order valence-electron chi connectivity index (χ3n) is 3.64. The molecular weight excluding hydrogens is 250 g/mol. The molecule has 2 atom stereocenters. The molecule has 1 fully saturated rings. The Balaban J connectivity index is 2.08. The summed E-state index contributed by atoms with van der Waals surface area (Å²) in [6.07, 6.45) is 0.703. The van der Waals surface area contributed by atoms with Gasteiger partial charge in [0.2, 0.25) is 5.91 Å². The van der Waals surface area contributed by atoms with Crippen molar-refractivity contribution in [3.63, 3.8) is 0 Å². The minimum Gasteiger partial charge on any atom is -0.367 e. The summed E-state index contributed by atoms with van der Waals surface area (Å²) in [7, 11) is 0. The number of rotatable bonds is 3. The first-order valence-corrected chi connectivity index (χ1v) is 7.45. The van der Waals surface area contributed by atoms with Crippen molar-refractivity contribution < 1.29 is 9.53 Å². The van der Waals surface area contributed by atoms with Gasteiger partial charge < -0.3 is 9.64 Å². The molecule has 3 nitrogen and oxygen atoms in total. The molecule has 2 unspecified atom stereocenters. The second kappa shape index (κ2) is 6.40. The first-order valence-electron chi connectivity index (χ1n) is 7.45. The third-order valence-corrected chi connectivity index (χ3v) is 3.64. The molecule has 0 bridgehead atoms. The zero-order valence-corrected chi connectivity index (χ0v) is 12.9. The number of hydrogen-bond donors (Lipinski definition) is 0. The maximum atomic E-state index is 12.3. The van der Waals surface area contributed by atoms with E-state index >= 15 is 0 Å². The van der Waals surface area contributed by atoms with Crippen LogP contribution in [0.25, 0.3) is 0 Å². The van der Waals surface area contributed by atoms with Crippen LogP contribution in [0.4, 0.5) is 0 Å². The lowest BCUT2D eigenvalue weighted by atomic mass is 10.0. The van der Waals surface area contributed by atoms with E-state index in [0.29, 0.717) is 25.4 Å². The Morgan fingerprint density at radius 3 is 2.55 bits per heavy atom. The minimum atomic E-state index is -0.00420. The van der Waals surface area contributed by atoms with Crippen LogP contribution >= 0.6 is 0 Å². The zero-order valence-electron chi connectivity index (χ0n) is 12.9. The summed E-state index contributed by atoms with van der Waals surface area (Å²) < 4.78 is 6.00. The molecule has 1 aromatic rings. The molecule has 1 aliphatic rings. The minimum absolute atomic E-state index is 0.00420. The van der Waals surface area contributed by atoms with Gasteiger partial charge in [-0.25, -0.2) is 0 Å². The standard InChI is InChI=1S/C17H25NO2/c1-12(2)9-17(19)18-10-14(4)20-16(11-18)15-7-5-13(3)6-8-15/h5-8,12,14,16H,9-11H2,1-4H3. The average Bonchev–Trinajstić information content (AvgIpc) is 2.38. The van der Waals surface area contributed by atoms with E-state index in [-0.39, 0.29) is 18.1 Å². The molecule has 20 heavy (non-hydrogen) atoms. The molecule has 1 aromatic carbocycles. The van der Waals surface area contributed by atoms with Crippen LogP contribution in [-0.4, -0.2) is 30.0 Å². The van der Waals surface area contributed by atoms with Crippen LogP contribution in [0.3, 0.4) is 0 Å². The molecule has 2 rings (SSSR count). The van der Waals surface area contributed by atoms with E-state index in [0.717, 1.165) is 5.56 Å². The van der Waals surface area contributed by atoms with Crippen LogP contribution in [0.2, 0.25) is 0 Å². The normalized spacial score (nSPS) is 23.1. The highest BCUT2D eigenvalue weighted by atomic mass is 16.5. The number of morpholine rings is 1. The fourth-order valence-electron chi connectivity index (χ4n) is 2.60. The molecule has 0 radical (unpaired) electrons. The number of carbonyl (C=O) groups excluding carboxylic acids is 1. The monoisotopic (exact) mass is 275 g/mol. The predicted molar refractivity (Wildman–Crippen MR) is 80.5 cm³/mol. The van der Waals surface area contributed by atoms with Gasteiger partial charge in [0.05, 0.1) is 12.6 Å². The smallest absolute Gasteiger partial charge is 0.223 e. The van der Waals surface area contributed by atoms with Gasteiger partial charge in [-0.3, -0.25) is 4.79 Å². The highest BCUT2D eigenvalue weighted by Crippen LogP contribution is 2.26. The maximum absolute atomic E-state index is 12.3. The summed E-state index contributed by atoms with van der Waals surface area (Å²) in [5.74, 6) is 0.644. The highest BCUT2D eigenvalue weighted by molar-refractivity contribution is 5.76. The van der Waals surface area contributed by atoms with Gasteiger partial charge in [0.1, 0.15) is 6.10 Å². The average molecular weight is 275 g/mol. The van der Waals surface area contributed by atoms with E-state index in [4.69, 9.17) is 4.74 Å². The number of aryl methyl sites for hydroxylation is 1. The fraction of sp³-hybridized carbons (Fsp3) is 0.588. The molecule has 1 saturated heterocycles. The second-order valence-electron chi connectivity index (χ2n) is 6.24. The van der Waals surface area contributed by atoms with Gasteiger partial charge in [0.15, 0.2) is 0 Å². The predicted octanol–water partition coefficient (Wildman–Crippen LogP) is 3.33. The number of benzene rings is 1. The summed E-state index contributed by atoms with van der Waals surface area (Å²) in [4.78, 5) is 14.2. The first kappa shape index (κ1) is 15.0. The molecule has 0 saturated carbocycles. The van der Waals surface area contributed by atoms with E-state index in [2.05, 4.69) is 45.0 Å². The van der Waals surface area contributed by atoms with Crippen molar-refractivity contribution in [2.45, 2.75) is 46.3 Å². The number of amides is 1. The molecule has 0 N–H and O–H groups in total. The number of hydrogen-bond acceptors (Lipinski definition) is 2. The van der Waals surface area contributed by atoms with Gasteiger partial charge in [0.25, 0.3) is 0 Å². The van der Waals surface area contributed by atoms with Crippen LogP contribution in [-0.2, 0) is 9.53 Å². The van der Waals surface area contributed by atoms with Crippen LogP contribution in [0.1, 0.15) is 44.4 Å². The summed E-state index contributed by atoms with van der Waals surface area (Å²) in [5.41, 5.74) is 2.40. The maximum Gasteiger partial charge on any atom is 0.223 e. The van der Waals surface area contributed by atoms with Crippen molar-refractivity contribution >= 4 is 5.91 Å². The fourth-order valence-corrected chi connectivity index (χ4v) is 2.60. The number of ether oxygens (including phenoxy) is 1. The summed E-state index contributed by atoms with van der Waals surface area (Å²) in [6.45, 7) is 9.65. The van der Waals surface area contributed by atoms with Crippen LogP contribution in [0.5, 0.6) is 0 Å². The van der Waals surface area contributed by atoms with E-state index < -0.39 is 0 Å². The van der Waals surface area contributed by atoms with Gasteiger partial charge in [0, 0.05) is 13.0 Å². The molecule has 1 heterocycles. The van der Waals surface area contributed by atoms with Gasteiger partial charge in [-0.2, -0.15) is 0 Å². The van der Waals surface area contributed by atoms with E-state index in [9.17, 15) is 4.79 Å². The van der Waals surface area contributed by atoms with Crippen LogP contribution in [0.15, 0.2) is 24.3 Å². The van der Waals surface area contributed by atoms with Gasteiger partial charge in [-0.1, -0.05) is 43.7 Å². The van der Waals surface area contributed by atoms with Crippen molar-refractivity contribution in [1.29, 1.82) is 0 Å². The Hall–Kier alpha value is -1.35. The lowest BCUT2D eigenvalue weighted by Crippen LogP contribution is -2.46. The highest BCUT2D eigenvalue weighted by Gasteiger charge is 2.29. The summed E-state index contributed by atoms with van der Waals surface area (Å²) in [5, 5.41) is 0. The lowest BCUT2D eigenvalue weighted by molar-refractivity contribution is -0.145. The molecule has 110 valence electrons. The Morgan fingerprint density at radius 2 is 1.95 bits per heavy atom. The van der Waals surface area contributed by atoms with E-state index in [1.54, 1.807) is 0 Å². The van der Waals surface area contributed by atoms with Crippen LogP contribution < -0.4 is 0 Å². The lowest BCUT2D eigenvalue weighted by Gasteiger charge is -2.37. The molecule has 0 spiro atoms. The van der Waals surface area contributed by atoms with Gasteiger partial charge in [-0.15, -0.1) is 0 Å². The quantitative estimate of drug-likeness (QED) is 0.847. The van der Waals surface area contributed by atoms with E-state index in [1.165, 1.54) is 5.56 Å². The van der Waals surface area contributed by atoms with Crippen molar-refractivity contribution in [1.82, 2.24) is 4.90 Å². The Morgan fingerprint density at radius 1 is 1.30 bits per heavy atom. The van der Waals surface area contributed by atoms with Gasteiger partial charge in [-0.05, 0) is 25.3 Å². The number of nitrogens with zero attached hydrogens (tertiary/aromatic N) is 1. The van der Waals surface area contributed by atoms with Crippen molar-refractivity contribution in [2.24, 2.45) is 5.92 Å². The van der Waals surface area contributed by atoms with Crippen LogP contribution in [0, 0.1) is 12.8 Å². The molecule has 1 aliphatic heterocycles. The van der Waals surface area contributed by atoms with Crippen molar-refractivity contribution in [2.75, 3.05) is 13.1 Å². The molecule has 0 aliphatic carbocycles. The summed E-state index contributed by atoms with van der Waals surface area (Å²) in [6, 6.07) is 8.39. The topological polar surface area (TPSA) is 29.5 Å². The molecule has 0 aromatic heterocycles. The number of carbonyl (C=O) groups is 1. The summed E-state index contributed by atoms with van der Waals surface area (Å²) >= 11 is 0. The Bertz CT molecular complexity index is 453. The Kier molecular flexibility index (Phi) is 4.81.